The molecule has 0 saturated heterocycles. The van der Waals surface area contributed by atoms with Crippen molar-refractivity contribution in [3.63, 3.8) is 0 Å². The van der Waals surface area contributed by atoms with Crippen LogP contribution in [0.5, 0.6) is 5.75 Å². The summed E-state index contributed by atoms with van der Waals surface area (Å²) in [6.45, 7) is 7.76. The Balaban J connectivity index is 2.07. The van der Waals surface area contributed by atoms with Gasteiger partial charge in [-0.3, -0.25) is 0 Å². The van der Waals surface area contributed by atoms with Crippen LogP contribution in [0.25, 0.3) is 0 Å². The number of benzene rings is 1. The highest BCUT2D eigenvalue weighted by atomic mass is 19.1. The van der Waals surface area contributed by atoms with Gasteiger partial charge in [-0.1, -0.05) is 26.8 Å². The molecular formula is C17H26FNO. The minimum Gasteiger partial charge on any atom is -0.494 e. The van der Waals surface area contributed by atoms with E-state index >= 15 is 0 Å². The highest BCUT2D eigenvalue weighted by Gasteiger charge is 2.31. The van der Waals surface area contributed by atoms with Crippen molar-refractivity contribution in [3.8, 4) is 5.75 Å². The minimum atomic E-state index is -0.272. The molecule has 3 heteroatoms. The van der Waals surface area contributed by atoms with Crippen molar-refractivity contribution in [2.75, 3.05) is 13.7 Å². The van der Waals surface area contributed by atoms with Crippen molar-refractivity contribution >= 4 is 0 Å². The summed E-state index contributed by atoms with van der Waals surface area (Å²) in [7, 11) is 1.50. The number of nitrogens with one attached hydrogen (secondary N) is 1. The summed E-state index contributed by atoms with van der Waals surface area (Å²) in [5.74, 6) is 0.585. The average Bonchev–Trinajstić information content (AvgIpc) is 3.20. The lowest BCUT2D eigenvalue weighted by Crippen LogP contribution is -2.38. The molecule has 1 N–H and O–H groups in total. The standard InChI is InChI=1S/C17H26FNO/c1-12(2)17(3,11-19-14-6-7-14)10-13-5-8-16(20-4)15(18)9-13/h5,8-9,12,14,19H,6-7,10-11H2,1-4H3. The summed E-state index contributed by atoms with van der Waals surface area (Å²) < 4.78 is 18.8. The maximum Gasteiger partial charge on any atom is 0.165 e. The number of halogens is 1. The van der Waals surface area contributed by atoms with Gasteiger partial charge >= 0.3 is 0 Å². The molecule has 1 saturated carbocycles. The third-order valence-electron chi connectivity index (χ3n) is 4.59. The maximum atomic E-state index is 13.8. The first-order valence-corrected chi connectivity index (χ1v) is 7.50. The van der Waals surface area contributed by atoms with E-state index in [1.54, 1.807) is 12.1 Å². The Kier molecular flexibility index (Phi) is 4.69. The molecule has 1 aliphatic rings. The Morgan fingerprint density at radius 2 is 2.10 bits per heavy atom. The van der Waals surface area contributed by atoms with Gasteiger partial charge in [0.05, 0.1) is 7.11 Å². The molecule has 1 atom stereocenters. The first kappa shape index (κ1) is 15.3. The minimum absolute atomic E-state index is 0.142. The summed E-state index contributed by atoms with van der Waals surface area (Å²) in [5.41, 5.74) is 1.18. The molecule has 112 valence electrons. The molecule has 1 aromatic carbocycles. The van der Waals surface area contributed by atoms with Gasteiger partial charge in [0, 0.05) is 12.6 Å². The number of methoxy groups -OCH3 is 1. The highest BCUT2D eigenvalue weighted by Crippen LogP contribution is 2.33. The third-order valence-corrected chi connectivity index (χ3v) is 4.59. The first-order chi connectivity index (χ1) is 9.44. The lowest BCUT2D eigenvalue weighted by Gasteiger charge is -2.34. The van der Waals surface area contributed by atoms with Gasteiger partial charge in [0.15, 0.2) is 11.6 Å². The number of rotatable bonds is 7. The van der Waals surface area contributed by atoms with Crippen molar-refractivity contribution in [1.82, 2.24) is 5.32 Å². The van der Waals surface area contributed by atoms with E-state index in [-0.39, 0.29) is 11.2 Å². The van der Waals surface area contributed by atoms with Crippen LogP contribution in [0, 0.1) is 17.2 Å². The summed E-state index contributed by atoms with van der Waals surface area (Å²) in [5, 5.41) is 3.62. The molecule has 1 aliphatic carbocycles. The Morgan fingerprint density at radius 1 is 1.40 bits per heavy atom. The lowest BCUT2D eigenvalue weighted by molar-refractivity contribution is 0.206. The first-order valence-electron chi connectivity index (χ1n) is 7.50. The van der Waals surface area contributed by atoms with Crippen LogP contribution in [0.3, 0.4) is 0 Å². The number of hydrogen-bond donors (Lipinski definition) is 1. The van der Waals surface area contributed by atoms with E-state index < -0.39 is 0 Å². The van der Waals surface area contributed by atoms with Gasteiger partial charge in [0.25, 0.3) is 0 Å². The van der Waals surface area contributed by atoms with Crippen molar-refractivity contribution in [1.29, 1.82) is 0 Å². The van der Waals surface area contributed by atoms with E-state index in [2.05, 4.69) is 26.1 Å². The normalized spacial score (nSPS) is 18.1. The second-order valence-corrected chi connectivity index (χ2v) is 6.61. The van der Waals surface area contributed by atoms with Crippen molar-refractivity contribution in [2.24, 2.45) is 11.3 Å². The molecule has 1 fully saturated rings. The largest absolute Gasteiger partial charge is 0.494 e. The molecule has 0 heterocycles. The lowest BCUT2D eigenvalue weighted by atomic mass is 9.74. The third kappa shape index (κ3) is 3.72. The van der Waals surface area contributed by atoms with Gasteiger partial charge in [-0.2, -0.15) is 0 Å². The Labute approximate surface area is 121 Å². The van der Waals surface area contributed by atoms with Crippen LogP contribution in [-0.4, -0.2) is 19.7 Å². The molecule has 0 spiro atoms. The monoisotopic (exact) mass is 279 g/mol. The second-order valence-electron chi connectivity index (χ2n) is 6.61. The van der Waals surface area contributed by atoms with E-state index in [1.807, 2.05) is 6.07 Å². The molecule has 2 rings (SSSR count). The van der Waals surface area contributed by atoms with Crippen LogP contribution in [0.1, 0.15) is 39.2 Å². The van der Waals surface area contributed by atoms with Gasteiger partial charge in [-0.15, -0.1) is 0 Å². The summed E-state index contributed by atoms with van der Waals surface area (Å²) in [6, 6.07) is 6.01. The zero-order chi connectivity index (χ0) is 14.8. The summed E-state index contributed by atoms with van der Waals surface area (Å²) in [4.78, 5) is 0. The van der Waals surface area contributed by atoms with Crippen LogP contribution in [-0.2, 0) is 6.42 Å². The van der Waals surface area contributed by atoms with Gasteiger partial charge in [-0.05, 0) is 48.3 Å². The maximum absolute atomic E-state index is 13.8. The SMILES string of the molecule is COc1ccc(CC(C)(CNC2CC2)C(C)C)cc1F. The smallest absolute Gasteiger partial charge is 0.165 e. The van der Waals surface area contributed by atoms with Crippen LogP contribution in [0.4, 0.5) is 4.39 Å². The summed E-state index contributed by atoms with van der Waals surface area (Å²) >= 11 is 0. The van der Waals surface area contributed by atoms with E-state index in [0.717, 1.165) is 18.5 Å². The molecule has 0 aromatic heterocycles. The van der Waals surface area contributed by atoms with E-state index in [1.165, 1.54) is 20.0 Å². The van der Waals surface area contributed by atoms with Crippen molar-refractivity contribution < 1.29 is 9.13 Å². The van der Waals surface area contributed by atoms with Crippen LogP contribution in [0.2, 0.25) is 0 Å². The molecule has 1 aromatic rings. The fourth-order valence-electron chi connectivity index (χ4n) is 2.42. The van der Waals surface area contributed by atoms with E-state index in [9.17, 15) is 4.39 Å². The molecular weight excluding hydrogens is 253 g/mol. The van der Waals surface area contributed by atoms with Gasteiger partial charge in [0.2, 0.25) is 0 Å². The van der Waals surface area contributed by atoms with E-state index in [0.29, 0.717) is 17.7 Å². The Bertz CT molecular complexity index is 456. The number of hydrogen-bond acceptors (Lipinski definition) is 2. The topological polar surface area (TPSA) is 21.3 Å². The van der Waals surface area contributed by atoms with Gasteiger partial charge in [0.1, 0.15) is 0 Å². The fourth-order valence-corrected chi connectivity index (χ4v) is 2.42. The molecule has 1 unspecified atom stereocenters. The fraction of sp³-hybridized carbons (Fsp3) is 0.647. The van der Waals surface area contributed by atoms with Gasteiger partial charge in [-0.25, -0.2) is 4.39 Å². The van der Waals surface area contributed by atoms with Crippen molar-refractivity contribution in [3.05, 3.63) is 29.6 Å². The predicted molar refractivity (Wildman–Crippen MR) is 80.6 cm³/mol. The zero-order valence-corrected chi connectivity index (χ0v) is 13.0. The van der Waals surface area contributed by atoms with Crippen LogP contribution in [0.15, 0.2) is 18.2 Å². The average molecular weight is 279 g/mol. The molecule has 20 heavy (non-hydrogen) atoms. The quantitative estimate of drug-likeness (QED) is 0.820. The van der Waals surface area contributed by atoms with Crippen LogP contribution >= 0.6 is 0 Å². The van der Waals surface area contributed by atoms with Crippen LogP contribution < -0.4 is 10.1 Å². The summed E-state index contributed by atoms with van der Waals surface area (Å²) in [6.07, 6.45) is 3.47. The molecule has 0 amide bonds. The molecule has 0 radical (unpaired) electrons. The molecule has 0 bridgehead atoms. The van der Waals surface area contributed by atoms with Gasteiger partial charge < -0.3 is 10.1 Å². The number of ether oxygens (including phenoxy) is 1. The Morgan fingerprint density at radius 3 is 2.60 bits per heavy atom. The zero-order valence-electron chi connectivity index (χ0n) is 13.0. The Hall–Kier alpha value is -1.09. The predicted octanol–water partition coefficient (Wildman–Crippen LogP) is 3.79. The second kappa shape index (κ2) is 6.13. The highest BCUT2D eigenvalue weighted by molar-refractivity contribution is 5.30. The molecule has 0 aliphatic heterocycles. The van der Waals surface area contributed by atoms with Crippen molar-refractivity contribution in [2.45, 2.75) is 46.1 Å². The van der Waals surface area contributed by atoms with E-state index in [4.69, 9.17) is 4.74 Å². The molecule has 2 nitrogen and oxygen atoms in total.